The summed E-state index contributed by atoms with van der Waals surface area (Å²) in [6.07, 6.45) is 4.88. The third-order valence-electron chi connectivity index (χ3n) is 4.03. The summed E-state index contributed by atoms with van der Waals surface area (Å²) >= 11 is 0. The van der Waals surface area contributed by atoms with Crippen LogP contribution in [0.15, 0.2) is 0 Å². The maximum absolute atomic E-state index is 5.92. The summed E-state index contributed by atoms with van der Waals surface area (Å²) in [5, 5.41) is 0. The Kier molecular flexibility index (Phi) is 6.45. The molecule has 0 aromatic heterocycles. The first-order chi connectivity index (χ1) is 8.15. The molecule has 0 bridgehead atoms. The second-order valence-corrected chi connectivity index (χ2v) is 5.36. The fourth-order valence-corrected chi connectivity index (χ4v) is 2.98. The quantitative estimate of drug-likeness (QED) is 0.484. The fourth-order valence-electron chi connectivity index (χ4n) is 2.98. The van der Waals surface area contributed by atoms with E-state index in [1.807, 2.05) is 0 Å². The van der Waals surface area contributed by atoms with Crippen molar-refractivity contribution in [2.24, 2.45) is 11.8 Å². The van der Waals surface area contributed by atoms with Crippen molar-refractivity contribution in [3.05, 3.63) is 0 Å². The van der Waals surface area contributed by atoms with Crippen LogP contribution in [0.2, 0.25) is 0 Å². The van der Waals surface area contributed by atoms with Crippen LogP contribution in [-0.4, -0.2) is 32.7 Å². The van der Waals surface area contributed by atoms with E-state index < -0.39 is 0 Å². The number of hydrogen-bond donors (Lipinski definition) is 0. The van der Waals surface area contributed by atoms with Crippen molar-refractivity contribution in [2.45, 2.75) is 52.1 Å². The molecule has 1 aliphatic carbocycles. The van der Waals surface area contributed by atoms with E-state index in [0.717, 1.165) is 11.8 Å². The van der Waals surface area contributed by atoms with Gasteiger partial charge < -0.3 is 14.2 Å². The van der Waals surface area contributed by atoms with E-state index in [1.165, 1.54) is 25.7 Å². The third kappa shape index (κ3) is 4.57. The second-order valence-electron chi connectivity index (χ2n) is 5.36. The molecule has 0 N–H and O–H groups in total. The van der Waals surface area contributed by atoms with Gasteiger partial charge in [0, 0.05) is 7.11 Å². The van der Waals surface area contributed by atoms with Crippen molar-refractivity contribution in [1.82, 2.24) is 0 Å². The normalized spacial score (nSPS) is 33.2. The summed E-state index contributed by atoms with van der Waals surface area (Å²) in [7, 11) is 1.68. The van der Waals surface area contributed by atoms with Crippen molar-refractivity contribution in [3.63, 3.8) is 0 Å². The highest BCUT2D eigenvalue weighted by Crippen LogP contribution is 2.44. The van der Waals surface area contributed by atoms with Crippen LogP contribution in [-0.2, 0) is 14.2 Å². The number of ether oxygens (including phenoxy) is 3. The van der Waals surface area contributed by atoms with Gasteiger partial charge in [0.1, 0.15) is 6.79 Å². The standard InChI is InChI=1S/C14H28O3/c1-5-12-9-14(3,10-13(12)6-2)17-11-16-8-7-15-4/h12-13H,5-11H2,1-4H3. The van der Waals surface area contributed by atoms with E-state index in [-0.39, 0.29) is 5.60 Å². The maximum Gasteiger partial charge on any atom is 0.147 e. The highest BCUT2D eigenvalue weighted by molar-refractivity contribution is 4.91. The topological polar surface area (TPSA) is 27.7 Å². The summed E-state index contributed by atoms with van der Waals surface area (Å²) in [4.78, 5) is 0. The first-order valence-electron chi connectivity index (χ1n) is 6.85. The summed E-state index contributed by atoms with van der Waals surface area (Å²) in [6, 6.07) is 0. The van der Waals surface area contributed by atoms with Gasteiger partial charge in [-0.25, -0.2) is 0 Å². The molecule has 0 spiro atoms. The highest BCUT2D eigenvalue weighted by atomic mass is 16.7. The maximum atomic E-state index is 5.92. The summed E-state index contributed by atoms with van der Waals surface area (Å²) in [5.74, 6) is 1.65. The van der Waals surface area contributed by atoms with Crippen molar-refractivity contribution >= 4 is 0 Å². The minimum atomic E-state index is 0.0222. The highest BCUT2D eigenvalue weighted by Gasteiger charge is 2.41. The van der Waals surface area contributed by atoms with Crippen LogP contribution >= 0.6 is 0 Å². The lowest BCUT2D eigenvalue weighted by atomic mass is 9.92. The van der Waals surface area contributed by atoms with E-state index >= 15 is 0 Å². The predicted octanol–water partition coefficient (Wildman–Crippen LogP) is 3.23. The van der Waals surface area contributed by atoms with E-state index in [1.54, 1.807) is 7.11 Å². The van der Waals surface area contributed by atoms with Gasteiger partial charge in [-0.3, -0.25) is 0 Å². The molecule has 1 fully saturated rings. The van der Waals surface area contributed by atoms with E-state index in [2.05, 4.69) is 20.8 Å². The van der Waals surface area contributed by atoms with Crippen molar-refractivity contribution in [2.75, 3.05) is 27.1 Å². The molecule has 3 nitrogen and oxygen atoms in total. The smallest absolute Gasteiger partial charge is 0.147 e. The summed E-state index contributed by atoms with van der Waals surface area (Å²) in [6.45, 7) is 8.44. The fraction of sp³-hybridized carbons (Fsp3) is 1.00. The summed E-state index contributed by atoms with van der Waals surface area (Å²) < 4.78 is 16.2. The van der Waals surface area contributed by atoms with Crippen LogP contribution < -0.4 is 0 Å². The van der Waals surface area contributed by atoms with E-state index in [4.69, 9.17) is 14.2 Å². The molecule has 0 aromatic rings. The molecule has 102 valence electrons. The average Bonchev–Trinajstić information content (AvgIpc) is 2.66. The van der Waals surface area contributed by atoms with E-state index in [0.29, 0.717) is 20.0 Å². The monoisotopic (exact) mass is 244 g/mol. The largest absolute Gasteiger partial charge is 0.382 e. The van der Waals surface area contributed by atoms with Crippen LogP contribution in [0.4, 0.5) is 0 Å². The average molecular weight is 244 g/mol. The van der Waals surface area contributed by atoms with Crippen molar-refractivity contribution in [3.8, 4) is 0 Å². The van der Waals surface area contributed by atoms with Gasteiger partial charge in [0.2, 0.25) is 0 Å². The van der Waals surface area contributed by atoms with Gasteiger partial charge in [0.05, 0.1) is 18.8 Å². The first-order valence-corrected chi connectivity index (χ1v) is 6.85. The van der Waals surface area contributed by atoms with Gasteiger partial charge >= 0.3 is 0 Å². The molecule has 3 heteroatoms. The predicted molar refractivity (Wildman–Crippen MR) is 69.0 cm³/mol. The Morgan fingerprint density at radius 3 is 2.12 bits per heavy atom. The Labute approximate surface area is 106 Å². The lowest BCUT2D eigenvalue weighted by Gasteiger charge is -2.25. The molecule has 0 saturated heterocycles. The van der Waals surface area contributed by atoms with Gasteiger partial charge in [-0.1, -0.05) is 26.7 Å². The van der Waals surface area contributed by atoms with Crippen molar-refractivity contribution in [1.29, 1.82) is 0 Å². The second kappa shape index (κ2) is 7.34. The van der Waals surface area contributed by atoms with Crippen LogP contribution in [0, 0.1) is 11.8 Å². The Bertz CT molecular complexity index is 194. The van der Waals surface area contributed by atoms with Crippen LogP contribution in [0.5, 0.6) is 0 Å². The van der Waals surface area contributed by atoms with Gasteiger partial charge in [0.25, 0.3) is 0 Å². The molecular weight excluding hydrogens is 216 g/mol. The van der Waals surface area contributed by atoms with Gasteiger partial charge in [-0.2, -0.15) is 0 Å². The molecule has 0 aromatic carbocycles. The Morgan fingerprint density at radius 2 is 1.65 bits per heavy atom. The molecule has 0 heterocycles. The molecule has 1 saturated carbocycles. The minimum Gasteiger partial charge on any atom is -0.382 e. The summed E-state index contributed by atoms with van der Waals surface area (Å²) in [5.41, 5.74) is 0.0222. The number of rotatable bonds is 8. The third-order valence-corrected chi connectivity index (χ3v) is 4.03. The van der Waals surface area contributed by atoms with Crippen LogP contribution in [0.25, 0.3) is 0 Å². The molecule has 0 aliphatic heterocycles. The first kappa shape index (κ1) is 14.9. The zero-order valence-corrected chi connectivity index (χ0v) is 11.8. The minimum absolute atomic E-state index is 0.0222. The lowest BCUT2D eigenvalue weighted by Crippen LogP contribution is -2.27. The zero-order chi connectivity index (χ0) is 12.7. The molecule has 1 rings (SSSR count). The SMILES string of the molecule is CCC1CC(C)(OCOCCOC)CC1CC. The molecule has 1 aliphatic rings. The number of hydrogen-bond acceptors (Lipinski definition) is 3. The molecular formula is C14H28O3. The molecule has 2 atom stereocenters. The molecule has 0 radical (unpaired) electrons. The molecule has 0 amide bonds. The Balaban J connectivity index is 2.27. The van der Waals surface area contributed by atoms with Gasteiger partial charge in [-0.15, -0.1) is 0 Å². The van der Waals surface area contributed by atoms with Gasteiger partial charge in [0.15, 0.2) is 0 Å². The van der Waals surface area contributed by atoms with Crippen LogP contribution in [0.1, 0.15) is 46.5 Å². The molecule has 17 heavy (non-hydrogen) atoms. The Morgan fingerprint density at radius 1 is 1.06 bits per heavy atom. The van der Waals surface area contributed by atoms with Gasteiger partial charge in [-0.05, 0) is 31.6 Å². The lowest BCUT2D eigenvalue weighted by molar-refractivity contribution is -0.139. The van der Waals surface area contributed by atoms with Crippen molar-refractivity contribution < 1.29 is 14.2 Å². The zero-order valence-electron chi connectivity index (χ0n) is 11.8. The van der Waals surface area contributed by atoms with E-state index in [9.17, 15) is 0 Å². The Hall–Kier alpha value is -0.120. The number of methoxy groups -OCH3 is 1. The van der Waals surface area contributed by atoms with Crippen LogP contribution in [0.3, 0.4) is 0 Å². The molecule has 2 unspecified atom stereocenters.